The third-order valence-corrected chi connectivity index (χ3v) is 3.46. The summed E-state index contributed by atoms with van der Waals surface area (Å²) in [4.78, 5) is 34.7. The second-order valence-electron chi connectivity index (χ2n) is 5.40. The minimum atomic E-state index is -1.61. The number of carbonyl (C=O) groups is 3. The number of Topliss-reactive ketones (excluding diaryl/α,β-unsaturated/α-hetero) is 1. The number of carbonyl (C=O) groups excluding carboxylic acids is 2. The molecule has 110 valence electrons. The number of hydrogen-bond donors (Lipinski definition) is 1. The lowest BCUT2D eigenvalue weighted by atomic mass is 9.93. The highest BCUT2D eigenvalue weighted by Crippen LogP contribution is 2.30. The molecule has 20 heavy (non-hydrogen) atoms. The fraction of sp³-hybridized carbons (Fsp3) is 0.667. The first kappa shape index (κ1) is 16.2. The van der Waals surface area contributed by atoms with Crippen molar-refractivity contribution in [3.63, 3.8) is 0 Å². The van der Waals surface area contributed by atoms with Crippen LogP contribution in [-0.2, 0) is 19.1 Å². The van der Waals surface area contributed by atoms with Crippen molar-refractivity contribution in [2.45, 2.75) is 52.6 Å². The molecule has 0 amide bonds. The molecule has 0 aliphatic heterocycles. The lowest BCUT2D eigenvalue weighted by Crippen LogP contribution is -2.38. The molecular weight excluding hydrogens is 260 g/mol. The highest BCUT2D eigenvalue weighted by atomic mass is 16.5. The van der Waals surface area contributed by atoms with Crippen LogP contribution in [0.2, 0.25) is 0 Å². The summed E-state index contributed by atoms with van der Waals surface area (Å²) in [7, 11) is 0. The Bertz CT molecular complexity index is 466. The molecule has 0 aromatic rings. The first-order valence-corrected chi connectivity index (χ1v) is 6.73. The predicted molar refractivity (Wildman–Crippen MR) is 71.7 cm³/mol. The molecule has 5 nitrogen and oxygen atoms in total. The summed E-state index contributed by atoms with van der Waals surface area (Å²) in [5, 5.41) is 8.99. The van der Waals surface area contributed by atoms with E-state index in [1.165, 1.54) is 13.8 Å². The van der Waals surface area contributed by atoms with E-state index in [2.05, 4.69) is 11.8 Å². The first-order valence-electron chi connectivity index (χ1n) is 6.73. The molecule has 1 N–H and O–H groups in total. The zero-order valence-electron chi connectivity index (χ0n) is 12.1. The van der Waals surface area contributed by atoms with Gasteiger partial charge in [-0.15, -0.1) is 11.8 Å². The summed E-state index contributed by atoms with van der Waals surface area (Å²) >= 11 is 0. The van der Waals surface area contributed by atoms with Crippen LogP contribution in [0.25, 0.3) is 0 Å². The standard InChI is InChI=1S/C15H20O5/c1-4-5-6-7-10-11(16)8-9-12(10)20-14(19)15(2,3)13(17)18/h10,12H,4,7-9H2,1-3H3,(H,17,18). The second-order valence-corrected chi connectivity index (χ2v) is 5.40. The Morgan fingerprint density at radius 1 is 1.40 bits per heavy atom. The Balaban J connectivity index is 2.73. The average Bonchev–Trinajstić information content (AvgIpc) is 2.71. The zero-order chi connectivity index (χ0) is 15.3. The van der Waals surface area contributed by atoms with Gasteiger partial charge in [0.2, 0.25) is 0 Å². The summed E-state index contributed by atoms with van der Waals surface area (Å²) in [6.07, 6.45) is 1.30. The average molecular weight is 280 g/mol. The smallest absolute Gasteiger partial charge is 0.323 e. The van der Waals surface area contributed by atoms with Crippen LogP contribution >= 0.6 is 0 Å². The molecule has 2 unspecified atom stereocenters. The molecular formula is C15H20O5. The molecule has 0 heterocycles. The Morgan fingerprint density at radius 3 is 2.60 bits per heavy atom. The molecule has 1 aliphatic carbocycles. The van der Waals surface area contributed by atoms with E-state index in [1.807, 2.05) is 6.92 Å². The van der Waals surface area contributed by atoms with Crippen molar-refractivity contribution in [3.05, 3.63) is 0 Å². The first-order chi connectivity index (χ1) is 9.30. The molecule has 0 radical (unpaired) electrons. The van der Waals surface area contributed by atoms with Gasteiger partial charge in [-0.2, -0.15) is 0 Å². The van der Waals surface area contributed by atoms with Crippen LogP contribution in [0, 0.1) is 23.2 Å². The minimum Gasteiger partial charge on any atom is -0.480 e. The summed E-state index contributed by atoms with van der Waals surface area (Å²) in [6.45, 7) is 4.50. The van der Waals surface area contributed by atoms with Gasteiger partial charge in [0.15, 0.2) is 5.41 Å². The van der Waals surface area contributed by atoms with Crippen molar-refractivity contribution >= 4 is 17.7 Å². The Morgan fingerprint density at radius 2 is 2.05 bits per heavy atom. The van der Waals surface area contributed by atoms with E-state index in [0.29, 0.717) is 25.7 Å². The number of ketones is 1. The van der Waals surface area contributed by atoms with Gasteiger partial charge in [-0.1, -0.05) is 6.92 Å². The van der Waals surface area contributed by atoms with Gasteiger partial charge in [-0.05, 0) is 20.3 Å². The molecule has 0 aromatic heterocycles. The van der Waals surface area contributed by atoms with Gasteiger partial charge in [0, 0.05) is 19.3 Å². The van der Waals surface area contributed by atoms with Crippen molar-refractivity contribution < 1.29 is 24.2 Å². The van der Waals surface area contributed by atoms with Gasteiger partial charge in [0.1, 0.15) is 11.9 Å². The van der Waals surface area contributed by atoms with Crippen LogP contribution in [0.5, 0.6) is 0 Å². The van der Waals surface area contributed by atoms with Crippen molar-refractivity contribution in [3.8, 4) is 11.8 Å². The van der Waals surface area contributed by atoms with Gasteiger partial charge in [-0.25, -0.2) is 0 Å². The van der Waals surface area contributed by atoms with Gasteiger partial charge in [0.05, 0.1) is 5.92 Å². The maximum atomic E-state index is 11.9. The van der Waals surface area contributed by atoms with Crippen molar-refractivity contribution in [1.29, 1.82) is 0 Å². The van der Waals surface area contributed by atoms with E-state index in [0.717, 1.165) is 0 Å². The van der Waals surface area contributed by atoms with E-state index < -0.39 is 29.4 Å². The number of aliphatic carboxylic acids is 1. The Labute approximate surface area is 118 Å². The number of rotatable bonds is 4. The normalized spacial score (nSPS) is 22.1. The molecule has 0 aromatic carbocycles. The number of esters is 1. The van der Waals surface area contributed by atoms with Crippen molar-refractivity contribution in [1.82, 2.24) is 0 Å². The molecule has 2 atom stereocenters. The van der Waals surface area contributed by atoms with Crippen LogP contribution < -0.4 is 0 Å². The van der Waals surface area contributed by atoms with Gasteiger partial charge in [-0.3, -0.25) is 14.4 Å². The van der Waals surface area contributed by atoms with E-state index >= 15 is 0 Å². The maximum absolute atomic E-state index is 11.9. The van der Waals surface area contributed by atoms with Crippen molar-refractivity contribution in [2.75, 3.05) is 0 Å². The van der Waals surface area contributed by atoms with E-state index in [4.69, 9.17) is 9.84 Å². The van der Waals surface area contributed by atoms with Gasteiger partial charge in [0.25, 0.3) is 0 Å². The molecule has 1 fully saturated rings. The summed E-state index contributed by atoms with van der Waals surface area (Å²) in [6, 6.07) is 0. The SMILES string of the molecule is CCC#CCC1C(=O)CCC1OC(=O)C(C)(C)C(=O)O. The number of ether oxygens (including phenoxy) is 1. The lowest BCUT2D eigenvalue weighted by molar-refractivity contribution is -0.171. The summed E-state index contributed by atoms with van der Waals surface area (Å²) < 4.78 is 5.24. The third kappa shape index (κ3) is 3.60. The molecule has 0 spiro atoms. The lowest BCUT2D eigenvalue weighted by Gasteiger charge is -2.23. The molecule has 0 bridgehead atoms. The van der Waals surface area contributed by atoms with Crippen LogP contribution in [0.4, 0.5) is 0 Å². The molecule has 5 heteroatoms. The van der Waals surface area contributed by atoms with Crippen LogP contribution in [0.3, 0.4) is 0 Å². The number of carboxylic acid groups (broad SMARTS) is 1. The third-order valence-electron chi connectivity index (χ3n) is 3.46. The zero-order valence-corrected chi connectivity index (χ0v) is 12.1. The molecule has 0 saturated heterocycles. The van der Waals surface area contributed by atoms with Crippen LogP contribution in [0.15, 0.2) is 0 Å². The molecule has 1 saturated carbocycles. The molecule has 1 rings (SSSR count). The minimum absolute atomic E-state index is 0.0290. The quantitative estimate of drug-likeness (QED) is 0.482. The summed E-state index contributed by atoms with van der Waals surface area (Å²) in [5.74, 6) is 3.33. The topological polar surface area (TPSA) is 80.7 Å². The summed E-state index contributed by atoms with van der Waals surface area (Å²) in [5.41, 5.74) is -1.61. The fourth-order valence-corrected chi connectivity index (χ4v) is 1.94. The highest BCUT2D eigenvalue weighted by molar-refractivity contribution is 5.98. The number of hydrogen-bond acceptors (Lipinski definition) is 4. The van der Waals surface area contributed by atoms with E-state index in [1.54, 1.807) is 0 Å². The fourth-order valence-electron chi connectivity index (χ4n) is 1.94. The van der Waals surface area contributed by atoms with Crippen molar-refractivity contribution in [2.24, 2.45) is 11.3 Å². The maximum Gasteiger partial charge on any atom is 0.323 e. The van der Waals surface area contributed by atoms with Crippen LogP contribution in [0.1, 0.15) is 46.5 Å². The van der Waals surface area contributed by atoms with E-state index in [9.17, 15) is 14.4 Å². The highest BCUT2D eigenvalue weighted by Gasteiger charge is 2.43. The molecule has 1 aliphatic rings. The Kier molecular flexibility index (Phi) is 5.32. The van der Waals surface area contributed by atoms with E-state index in [-0.39, 0.29) is 5.78 Å². The Hall–Kier alpha value is -1.83. The number of carboxylic acids is 1. The van der Waals surface area contributed by atoms with Gasteiger partial charge < -0.3 is 9.84 Å². The largest absolute Gasteiger partial charge is 0.480 e. The second kappa shape index (κ2) is 6.56. The monoisotopic (exact) mass is 280 g/mol. The van der Waals surface area contributed by atoms with Gasteiger partial charge >= 0.3 is 11.9 Å². The predicted octanol–water partition coefficient (Wildman–Crippen LogP) is 1.79. The van der Waals surface area contributed by atoms with Crippen LogP contribution in [-0.4, -0.2) is 28.9 Å².